The van der Waals surface area contributed by atoms with Gasteiger partial charge in [-0.05, 0) is 55.5 Å². The summed E-state index contributed by atoms with van der Waals surface area (Å²) in [7, 11) is -7.68. The summed E-state index contributed by atoms with van der Waals surface area (Å²) in [6, 6.07) is 16.7. The van der Waals surface area contributed by atoms with Gasteiger partial charge in [-0.15, -0.1) is 0 Å². The average Bonchev–Trinajstić information content (AvgIpc) is 2.75. The zero-order valence-electron chi connectivity index (χ0n) is 18.1. The van der Waals surface area contributed by atoms with E-state index in [2.05, 4.69) is 10.0 Å². The van der Waals surface area contributed by atoms with Crippen LogP contribution in [0.5, 0.6) is 0 Å². The number of halogens is 2. The van der Waals surface area contributed by atoms with Crippen LogP contribution in [-0.4, -0.2) is 35.5 Å². The van der Waals surface area contributed by atoms with E-state index >= 15 is 0 Å². The van der Waals surface area contributed by atoms with Crippen LogP contribution < -0.4 is 14.3 Å². The predicted octanol–water partition coefficient (Wildman–Crippen LogP) is 4.51. The standard InChI is InChI=1S/C22H21Cl2N3O5S2/c1-15-6-10-17(11-7-15)27(33(2,29)30)14-21(28)25-16-8-12-18(13-9-16)34(31,32)26-20-5-3-4-19(23)22(20)24/h3-13,26H,14H2,1-2H3,(H,25,28). The summed E-state index contributed by atoms with van der Waals surface area (Å²) < 4.78 is 53.1. The van der Waals surface area contributed by atoms with Crippen LogP contribution in [0.3, 0.4) is 0 Å². The molecule has 0 spiro atoms. The maximum Gasteiger partial charge on any atom is 0.261 e. The SMILES string of the molecule is Cc1ccc(N(CC(=O)Nc2ccc(S(=O)(=O)Nc3cccc(Cl)c3Cl)cc2)S(C)(=O)=O)cc1. The van der Waals surface area contributed by atoms with Gasteiger partial charge in [0, 0.05) is 5.69 Å². The van der Waals surface area contributed by atoms with E-state index < -0.39 is 32.5 Å². The number of aryl methyl sites for hydroxylation is 1. The molecule has 2 N–H and O–H groups in total. The highest BCUT2D eigenvalue weighted by atomic mass is 35.5. The molecule has 0 bridgehead atoms. The number of hydrogen-bond acceptors (Lipinski definition) is 5. The molecule has 0 heterocycles. The molecule has 0 radical (unpaired) electrons. The lowest BCUT2D eigenvalue weighted by Gasteiger charge is -2.22. The molecule has 0 saturated carbocycles. The van der Waals surface area contributed by atoms with Gasteiger partial charge in [0.1, 0.15) is 6.54 Å². The third-order valence-electron chi connectivity index (χ3n) is 4.65. The molecule has 3 aromatic carbocycles. The second-order valence-electron chi connectivity index (χ2n) is 7.38. The highest BCUT2D eigenvalue weighted by Crippen LogP contribution is 2.31. The van der Waals surface area contributed by atoms with Gasteiger partial charge in [0.15, 0.2) is 0 Å². The number of carbonyl (C=O) groups is 1. The Kier molecular flexibility index (Phi) is 7.77. The summed E-state index contributed by atoms with van der Waals surface area (Å²) in [6.45, 7) is 1.42. The van der Waals surface area contributed by atoms with E-state index in [1.54, 1.807) is 30.3 Å². The van der Waals surface area contributed by atoms with E-state index in [4.69, 9.17) is 23.2 Å². The first-order valence-corrected chi connectivity index (χ1v) is 13.9. The summed E-state index contributed by atoms with van der Waals surface area (Å²) in [5, 5.41) is 2.84. The zero-order chi connectivity index (χ0) is 25.1. The fourth-order valence-corrected chi connectivity index (χ4v) is 5.28. The van der Waals surface area contributed by atoms with Crippen molar-refractivity contribution >= 4 is 66.2 Å². The fourth-order valence-electron chi connectivity index (χ4n) is 2.95. The Morgan fingerprint density at radius 3 is 2.12 bits per heavy atom. The molecule has 0 saturated heterocycles. The van der Waals surface area contributed by atoms with E-state index in [0.29, 0.717) is 11.4 Å². The third kappa shape index (κ3) is 6.41. The minimum atomic E-state index is -3.97. The van der Waals surface area contributed by atoms with Crippen molar-refractivity contribution in [3.63, 3.8) is 0 Å². The highest BCUT2D eigenvalue weighted by molar-refractivity contribution is 7.92. The Morgan fingerprint density at radius 2 is 1.53 bits per heavy atom. The number of amides is 1. The van der Waals surface area contributed by atoms with Crippen molar-refractivity contribution in [2.24, 2.45) is 0 Å². The van der Waals surface area contributed by atoms with E-state index in [9.17, 15) is 21.6 Å². The molecule has 0 unspecified atom stereocenters. The molecule has 0 atom stereocenters. The highest BCUT2D eigenvalue weighted by Gasteiger charge is 2.21. The molecule has 0 fully saturated rings. The lowest BCUT2D eigenvalue weighted by atomic mass is 10.2. The number of nitrogens with one attached hydrogen (secondary N) is 2. The van der Waals surface area contributed by atoms with E-state index in [-0.39, 0.29) is 20.6 Å². The average molecular weight is 542 g/mol. The molecule has 34 heavy (non-hydrogen) atoms. The predicted molar refractivity (Wildman–Crippen MR) is 136 cm³/mol. The van der Waals surface area contributed by atoms with Crippen LogP contribution >= 0.6 is 23.2 Å². The first kappa shape index (κ1) is 25.8. The van der Waals surface area contributed by atoms with Crippen LogP contribution in [0.25, 0.3) is 0 Å². The van der Waals surface area contributed by atoms with Crippen LogP contribution in [-0.2, 0) is 24.8 Å². The molecular weight excluding hydrogens is 521 g/mol. The van der Waals surface area contributed by atoms with Crippen LogP contribution in [0, 0.1) is 6.92 Å². The Morgan fingerprint density at radius 1 is 0.912 bits per heavy atom. The fraction of sp³-hybridized carbons (Fsp3) is 0.136. The molecule has 180 valence electrons. The molecule has 1 amide bonds. The van der Waals surface area contributed by atoms with Gasteiger partial charge in [-0.3, -0.25) is 13.8 Å². The van der Waals surface area contributed by atoms with Gasteiger partial charge in [-0.1, -0.05) is 47.0 Å². The smallest absolute Gasteiger partial charge is 0.261 e. The second-order valence-corrected chi connectivity index (χ2v) is 11.8. The van der Waals surface area contributed by atoms with E-state index in [1.807, 2.05) is 6.92 Å². The third-order valence-corrected chi connectivity index (χ3v) is 7.99. The van der Waals surface area contributed by atoms with Crippen LogP contribution in [0.15, 0.2) is 71.6 Å². The second kappa shape index (κ2) is 10.2. The number of nitrogens with zero attached hydrogens (tertiary/aromatic N) is 1. The Hall–Kier alpha value is -2.79. The van der Waals surface area contributed by atoms with Gasteiger partial charge < -0.3 is 5.32 Å². The molecule has 8 nitrogen and oxygen atoms in total. The lowest BCUT2D eigenvalue weighted by Crippen LogP contribution is -2.37. The minimum absolute atomic E-state index is 0.0700. The van der Waals surface area contributed by atoms with Crippen molar-refractivity contribution in [1.82, 2.24) is 0 Å². The van der Waals surface area contributed by atoms with E-state index in [1.165, 1.54) is 36.4 Å². The van der Waals surface area contributed by atoms with Crippen molar-refractivity contribution in [2.45, 2.75) is 11.8 Å². The van der Waals surface area contributed by atoms with Gasteiger partial charge in [0.25, 0.3) is 10.0 Å². The topological polar surface area (TPSA) is 113 Å². The summed E-state index contributed by atoms with van der Waals surface area (Å²) in [6.07, 6.45) is 1.01. The van der Waals surface area contributed by atoms with Crippen LogP contribution in [0.1, 0.15) is 5.56 Å². The van der Waals surface area contributed by atoms with Gasteiger partial charge in [0.05, 0.1) is 32.6 Å². The maximum atomic E-state index is 12.7. The summed E-state index contributed by atoms with van der Waals surface area (Å²) in [5.74, 6) is -0.592. The molecule has 12 heteroatoms. The van der Waals surface area contributed by atoms with Gasteiger partial charge >= 0.3 is 0 Å². The molecule has 0 aliphatic heterocycles. The Bertz CT molecular complexity index is 1410. The molecular formula is C22H21Cl2N3O5S2. The number of anilines is 3. The molecule has 0 aliphatic rings. The molecule has 3 rings (SSSR count). The molecule has 0 aromatic heterocycles. The number of benzene rings is 3. The normalized spacial score (nSPS) is 11.6. The van der Waals surface area contributed by atoms with Crippen molar-refractivity contribution in [3.8, 4) is 0 Å². The van der Waals surface area contributed by atoms with Gasteiger partial charge in [-0.2, -0.15) is 0 Å². The Balaban J connectivity index is 1.72. The number of rotatable bonds is 8. The van der Waals surface area contributed by atoms with E-state index in [0.717, 1.165) is 16.1 Å². The summed E-state index contributed by atoms with van der Waals surface area (Å²) in [4.78, 5) is 12.5. The van der Waals surface area contributed by atoms with Crippen molar-refractivity contribution in [1.29, 1.82) is 0 Å². The van der Waals surface area contributed by atoms with Crippen molar-refractivity contribution < 1.29 is 21.6 Å². The molecule has 0 aliphatic carbocycles. The van der Waals surface area contributed by atoms with Crippen LogP contribution in [0.2, 0.25) is 10.0 Å². The Labute approximate surface area is 208 Å². The summed E-state index contributed by atoms with van der Waals surface area (Å²) >= 11 is 12.0. The summed E-state index contributed by atoms with van der Waals surface area (Å²) in [5.41, 5.74) is 1.73. The number of sulfonamides is 2. The number of carbonyl (C=O) groups excluding carboxylic acids is 1. The zero-order valence-corrected chi connectivity index (χ0v) is 21.3. The first-order chi connectivity index (χ1) is 15.9. The maximum absolute atomic E-state index is 12.7. The first-order valence-electron chi connectivity index (χ1n) is 9.78. The monoisotopic (exact) mass is 541 g/mol. The lowest BCUT2D eigenvalue weighted by molar-refractivity contribution is -0.114. The van der Waals surface area contributed by atoms with Crippen LogP contribution in [0.4, 0.5) is 17.1 Å². The van der Waals surface area contributed by atoms with Gasteiger partial charge in [-0.25, -0.2) is 16.8 Å². The molecule has 3 aromatic rings. The van der Waals surface area contributed by atoms with Crippen molar-refractivity contribution in [3.05, 3.63) is 82.3 Å². The largest absolute Gasteiger partial charge is 0.325 e. The van der Waals surface area contributed by atoms with Crippen molar-refractivity contribution in [2.75, 3.05) is 27.1 Å². The quantitative estimate of drug-likeness (QED) is 0.435. The number of hydrogen-bond donors (Lipinski definition) is 2. The minimum Gasteiger partial charge on any atom is -0.325 e. The van der Waals surface area contributed by atoms with Gasteiger partial charge in [0.2, 0.25) is 15.9 Å².